The predicted octanol–water partition coefficient (Wildman–Crippen LogP) is 3.50. The molecule has 202 valence electrons. The van der Waals surface area contributed by atoms with Gasteiger partial charge in [0.15, 0.2) is 11.6 Å². The molecule has 2 aromatic carbocycles. The zero-order valence-corrected chi connectivity index (χ0v) is 21.5. The van der Waals surface area contributed by atoms with Crippen LogP contribution >= 0.6 is 0 Å². The van der Waals surface area contributed by atoms with Gasteiger partial charge in [0.05, 0.1) is 36.8 Å². The average molecular weight is 541 g/mol. The van der Waals surface area contributed by atoms with Crippen LogP contribution in [-0.2, 0) is 17.9 Å². The van der Waals surface area contributed by atoms with Crippen molar-refractivity contribution in [2.75, 3.05) is 25.0 Å². The first-order valence-corrected chi connectivity index (χ1v) is 12.7. The molecule has 4 aromatic rings. The largest absolute Gasteiger partial charge is 0.369 e. The van der Waals surface area contributed by atoms with E-state index in [4.69, 9.17) is 0 Å². The summed E-state index contributed by atoms with van der Waals surface area (Å²) in [5.41, 5.74) is 2.60. The molecule has 0 fully saturated rings. The van der Waals surface area contributed by atoms with Gasteiger partial charge in [-0.05, 0) is 42.3 Å². The van der Waals surface area contributed by atoms with E-state index in [2.05, 4.69) is 42.4 Å². The second-order valence-corrected chi connectivity index (χ2v) is 9.09. The Hall–Kier alpha value is -5.11. The Labute approximate surface area is 229 Å². The Morgan fingerprint density at radius 3 is 2.88 bits per heavy atom. The van der Waals surface area contributed by atoms with Crippen molar-refractivity contribution in [3.05, 3.63) is 96.0 Å². The zero-order chi connectivity index (χ0) is 27.7. The summed E-state index contributed by atoms with van der Waals surface area (Å²) in [5.74, 6) is 4.69. The molecule has 1 aliphatic heterocycles. The van der Waals surface area contributed by atoms with Crippen molar-refractivity contribution in [1.82, 2.24) is 29.7 Å². The van der Waals surface area contributed by atoms with Crippen molar-refractivity contribution in [3.63, 3.8) is 0 Å². The standard InChI is InChI=1S/C29H26F2N8O/c30-25-6-4-22(14-26(25)31)16-39-17-23(15-33-20-39)29(40)35-8-1-3-21-5-7-27-24(13-21)28(37-18-36-27)34-9-2-11-38-12-10-32-19-38/h4-7,10,12-15,18-20H,2,8-9,11,16-17H2,(H,35,40)(H,34,36,37). The summed E-state index contributed by atoms with van der Waals surface area (Å²) in [6, 6.07) is 9.41. The van der Waals surface area contributed by atoms with E-state index >= 15 is 0 Å². The van der Waals surface area contributed by atoms with Crippen molar-refractivity contribution in [1.29, 1.82) is 0 Å². The molecule has 9 nitrogen and oxygen atoms in total. The van der Waals surface area contributed by atoms with Crippen molar-refractivity contribution in [3.8, 4) is 11.8 Å². The van der Waals surface area contributed by atoms with Crippen molar-refractivity contribution in [2.45, 2.75) is 19.5 Å². The summed E-state index contributed by atoms with van der Waals surface area (Å²) in [6.45, 7) is 2.31. The highest BCUT2D eigenvalue weighted by Gasteiger charge is 2.16. The number of aryl methyl sites for hydroxylation is 1. The lowest BCUT2D eigenvalue weighted by Crippen LogP contribution is -2.34. The Kier molecular flexibility index (Phi) is 8.36. The molecule has 0 saturated carbocycles. The van der Waals surface area contributed by atoms with Gasteiger partial charge in [-0.15, -0.1) is 0 Å². The number of halogens is 2. The molecule has 11 heteroatoms. The third-order valence-corrected chi connectivity index (χ3v) is 6.15. The number of hydrogen-bond acceptors (Lipinski definition) is 7. The number of amides is 1. The molecule has 0 unspecified atom stereocenters. The number of aromatic nitrogens is 4. The fourth-order valence-electron chi connectivity index (χ4n) is 4.16. The number of fused-ring (bicyclic) bond motifs is 1. The molecular weight excluding hydrogens is 514 g/mol. The van der Waals surface area contributed by atoms with Gasteiger partial charge in [0.1, 0.15) is 12.1 Å². The SMILES string of the molecule is O=C(NCC#Cc1ccc2ncnc(NCCCn3ccnc3)c2c1)C1=CN=CN(Cc2ccc(F)c(F)c2)C1. The minimum absolute atomic E-state index is 0.145. The minimum atomic E-state index is -0.911. The second-order valence-electron chi connectivity index (χ2n) is 9.09. The zero-order valence-electron chi connectivity index (χ0n) is 21.5. The van der Waals surface area contributed by atoms with Crippen LogP contribution in [0.25, 0.3) is 10.9 Å². The fourth-order valence-corrected chi connectivity index (χ4v) is 4.16. The monoisotopic (exact) mass is 540 g/mol. The molecule has 0 spiro atoms. The molecule has 1 aliphatic rings. The number of benzene rings is 2. The minimum Gasteiger partial charge on any atom is -0.369 e. The number of carbonyl (C=O) groups is 1. The van der Waals surface area contributed by atoms with Gasteiger partial charge in [0.25, 0.3) is 5.91 Å². The maximum atomic E-state index is 13.5. The van der Waals surface area contributed by atoms with E-state index in [-0.39, 0.29) is 25.5 Å². The summed E-state index contributed by atoms with van der Waals surface area (Å²) in [7, 11) is 0. The highest BCUT2D eigenvalue weighted by molar-refractivity contribution is 5.95. The quantitative estimate of drug-likeness (QED) is 0.249. The van der Waals surface area contributed by atoms with E-state index in [1.54, 1.807) is 23.8 Å². The molecule has 5 rings (SSSR count). The molecule has 40 heavy (non-hydrogen) atoms. The third-order valence-electron chi connectivity index (χ3n) is 6.15. The van der Waals surface area contributed by atoms with Crippen molar-refractivity contribution in [2.24, 2.45) is 4.99 Å². The van der Waals surface area contributed by atoms with Gasteiger partial charge in [-0.2, -0.15) is 0 Å². The van der Waals surface area contributed by atoms with E-state index in [9.17, 15) is 13.6 Å². The lowest BCUT2D eigenvalue weighted by atomic mass is 10.1. The first kappa shape index (κ1) is 26.5. The molecule has 3 heterocycles. The highest BCUT2D eigenvalue weighted by Crippen LogP contribution is 2.20. The van der Waals surface area contributed by atoms with Crippen molar-refractivity contribution >= 4 is 29.0 Å². The molecule has 0 radical (unpaired) electrons. The molecule has 1 amide bonds. The summed E-state index contributed by atoms with van der Waals surface area (Å²) in [5, 5.41) is 7.02. The second kappa shape index (κ2) is 12.6. The first-order valence-electron chi connectivity index (χ1n) is 12.7. The first-order chi connectivity index (χ1) is 19.5. The van der Waals surface area contributed by atoms with Crippen LogP contribution in [0.2, 0.25) is 0 Å². The van der Waals surface area contributed by atoms with E-state index in [0.717, 1.165) is 53.9 Å². The summed E-state index contributed by atoms with van der Waals surface area (Å²) < 4.78 is 28.7. The Bertz CT molecular complexity index is 1620. The number of carbonyl (C=O) groups excluding carboxylic acids is 1. The maximum Gasteiger partial charge on any atom is 0.251 e. The van der Waals surface area contributed by atoms with Gasteiger partial charge >= 0.3 is 0 Å². The van der Waals surface area contributed by atoms with E-state index in [1.807, 2.05) is 29.0 Å². The molecule has 2 aromatic heterocycles. The molecule has 0 aliphatic carbocycles. The summed E-state index contributed by atoms with van der Waals surface area (Å²) in [6.07, 6.45) is 11.0. The number of nitrogens with one attached hydrogen (secondary N) is 2. The fraction of sp³-hybridized carbons (Fsp3) is 0.207. The number of nitrogens with zero attached hydrogens (tertiary/aromatic N) is 6. The van der Waals surface area contributed by atoms with E-state index in [1.165, 1.54) is 18.6 Å². The average Bonchev–Trinajstić information content (AvgIpc) is 3.49. The van der Waals surface area contributed by atoms with Gasteiger partial charge in [0, 0.05) is 49.2 Å². The lowest BCUT2D eigenvalue weighted by Gasteiger charge is -2.23. The summed E-state index contributed by atoms with van der Waals surface area (Å²) >= 11 is 0. The van der Waals surface area contributed by atoms with Gasteiger partial charge < -0.3 is 20.1 Å². The normalized spacial score (nSPS) is 12.6. The Balaban J connectivity index is 1.14. The van der Waals surface area contributed by atoms with Crippen LogP contribution in [0.3, 0.4) is 0 Å². The third kappa shape index (κ3) is 6.85. The topological polar surface area (TPSA) is 100 Å². The molecular formula is C29H26F2N8O. The van der Waals surface area contributed by atoms with Gasteiger partial charge in [-0.25, -0.2) is 28.7 Å². The molecule has 0 saturated heterocycles. The van der Waals surface area contributed by atoms with E-state index in [0.29, 0.717) is 11.1 Å². The molecule has 2 N–H and O–H groups in total. The van der Waals surface area contributed by atoms with Crippen LogP contribution in [-0.4, -0.2) is 56.3 Å². The number of rotatable bonds is 9. The number of hydrogen-bond donors (Lipinski definition) is 2. The van der Waals surface area contributed by atoms with Crippen molar-refractivity contribution < 1.29 is 13.6 Å². The summed E-state index contributed by atoms with van der Waals surface area (Å²) in [4.78, 5) is 31.3. The lowest BCUT2D eigenvalue weighted by molar-refractivity contribution is -0.117. The Morgan fingerprint density at radius 1 is 1.10 bits per heavy atom. The molecule has 0 bridgehead atoms. The van der Waals surface area contributed by atoms with Crippen LogP contribution in [0.4, 0.5) is 14.6 Å². The highest BCUT2D eigenvalue weighted by atomic mass is 19.2. The van der Waals surface area contributed by atoms with Gasteiger partial charge in [-0.1, -0.05) is 17.9 Å². The maximum absolute atomic E-state index is 13.5. The number of anilines is 1. The van der Waals surface area contributed by atoms with Crippen LogP contribution in [0.5, 0.6) is 0 Å². The van der Waals surface area contributed by atoms with Crippen LogP contribution in [0.15, 0.2) is 78.2 Å². The van der Waals surface area contributed by atoms with E-state index < -0.39 is 11.6 Å². The van der Waals surface area contributed by atoms with Crippen LogP contribution < -0.4 is 10.6 Å². The predicted molar refractivity (Wildman–Crippen MR) is 148 cm³/mol. The van der Waals surface area contributed by atoms with Gasteiger partial charge in [0.2, 0.25) is 0 Å². The number of imidazole rings is 1. The van der Waals surface area contributed by atoms with Crippen LogP contribution in [0, 0.1) is 23.5 Å². The Morgan fingerprint density at radius 2 is 2.02 bits per heavy atom. The number of aliphatic imine (C=N–C) groups is 1. The molecule has 0 atom stereocenters. The smallest absolute Gasteiger partial charge is 0.251 e. The van der Waals surface area contributed by atoms with Crippen LogP contribution in [0.1, 0.15) is 17.5 Å². The van der Waals surface area contributed by atoms with Gasteiger partial charge in [-0.3, -0.25) is 4.79 Å².